The molecule has 0 amide bonds. The highest BCUT2D eigenvalue weighted by molar-refractivity contribution is 7.98. The van der Waals surface area contributed by atoms with Crippen LogP contribution in [0.25, 0.3) is 11.3 Å². The Kier molecular flexibility index (Phi) is 6.25. The van der Waals surface area contributed by atoms with Crippen molar-refractivity contribution in [1.82, 2.24) is 15.0 Å². The highest BCUT2D eigenvalue weighted by atomic mass is 32.2. The summed E-state index contributed by atoms with van der Waals surface area (Å²) in [4.78, 5) is 12.8. The average Bonchev–Trinajstić information content (AvgIpc) is 2.72. The van der Waals surface area contributed by atoms with Crippen LogP contribution in [0, 0.1) is 0 Å². The molecule has 3 aromatic rings. The summed E-state index contributed by atoms with van der Waals surface area (Å²) in [5, 5.41) is 18.4. The number of nitrogens with zero attached hydrogens (tertiary/aromatic N) is 3. The van der Waals surface area contributed by atoms with Crippen LogP contribution in [0.4, 0.5) is 5.82 Å². The first-order valence-electron chi connectivity index (χ1n) is 8.23. The molecular formula is C18H19N5O3S2. The monoisotopic (exact) mass is 417 g/mol. The maximum atomic E-state index is 11.5. The first-order chi connectivity index (χ1) is 13.4. The van der Waals surface area contributed by atoms with Crippen LogP contribution >= 0.6 is 11.8 Å². The number of pyridine rings is 1. The van der Waals surface area contributed by atoms with E-state index in [-0.39, 0.29) is 11.5 Å². The number of aliphatic hydroxyl groups excluding tert-OH is 1. The molecule has 0 aliphatic carbocycles. The second kappa shape index (κ2) is 8.65. The van der Waals surface area contributed by atoms with Crippen LogP contribution in [0.5, 0.6) is 0 Å². The molecule has 0 spiro atoms. The van der Waals surface area contributed by atoms with Gasteiger partial charge in [0, 0.05) is 30.1 Å². The lowest BCUT2D eigenvalue weighted by atomic mass is 10.1. The van der Waals surface area contributed by atoms with Crippen LogP contribution < -0.4 is 10.5 Å². The molecule has 0 atom stereocenters. The number of aliphatic hydroxyl groups is 1. The van der Waals surface area contributed by atoms with Crippen molar-refractivity contribution < 1.29 is 13.5 Å². The van der Waals surface area contributed by atoms with Gasteiger partial charge >= 0.3 is 0 Å². The number of hydrogen-bond donors (Lipinski definition) is 3. The van der Waals surface area contributed by atoms with E-state index >= 15 is 0 Å². The van der Waals surface area contributed by atoms with Gasteiger partial charge in [-0.15, -0.1) is 0 Å². The van der Waals surface area contributed by atoms with Crippen molar-refractivity contribution in [2.75, 3.05) is 11.6 Å². The summed E-state index contributed by atoms with van der Waals surface area (Å²) in [6.07, 6.45) is 4.91. The molecule has 0 aliphatic rings. The average molecular weight is 418 g/mol. The maximum Gasteiger partial charge on any atom is 0.238 e. The molecule has 146 valence electrons. The number of rotatable bonds is 7. The van der Waals surface area contributed by atoms with Gasteiger partial charge in [-0.3, -0.25) is 4.98 Å². The fourth-order valence-corrected chi connectivity index (χ4v) is 3.35. The van der Waals surface area contributed by atoms with Crippen LogP contribution in [0.2, 0.25) is 0 Å². The Morgan fingerprint density at radius 3 is 2.57 bits per heavy atom. The van der Waals surface area contributed by atoms with Crippen molar-refractivity contribution in [3.8, 4) is 11.3 Å². The number of nitrogens with two attached hydrogens (primary N) is 1. The lowest BCUT2D eigenvalue weighted by Crippen LogP contribution is -2.12. The summed E-state index contributed by atoms with van der Waals surface area (Å²) in [5.41, 5.74) is 2.91. The first-order valence-corrected chi connectivity index (χ1v) is 11.0. The third kappa shape index (κ3) is 4.84. The summed E-state index contributed by atoms with van der Waals surface area (Å²) in [5.74, 6) is 0.591. The van der Waals surface area contributed by atoms with Gasteiger partial charge in [0.2, 0.25) is 10.0 Å². The van der Waals surface area contributed by atoms with Crippen molar-refractivity contribution in [3.63, 3.8) is 0 Å². The minimum absolute atomic E-state index is 0.0214. The molecule has 8 nitrogen and oxygen atoms in total. The summed E-state index contributed by atoms with van der Waals surface area (Å²) in [6, 6.07) is 10.3. The lowest BCUT2D eigenvalue weighted by Gasteiger charge is -2.11. The van der Waals surface area contributed by atoms with Gasteiger partial charge in [0.1, 0.15) is 5.82 Å². The van der Waals surface area contributed by atoms with Gasteiger partial charge in [-0.2, -0.15) is 0 Å². The van der Waals surface area contributed by atoms with E-state index in [1.165, 1.54) is 30.1 Å². The van der Waals surface area contributed by atoms with Gasteiger partial charge < -0.3 is 10.4 Å². The molecule has 3 rings (SSSR count). The zero-order valence-corrected chi connectivity index (χ0v) is 16.7. The number of thioether (sulfide) groups is 1. The van der Waals surface area contributed by atoms with Crippen molar-refractivity contribution in [2.24, 2.45) is 5.14 Å². The molecule has 0 unspecified atom stereocenters. The zero-order chi connectivity index (χ0) is 20.1. The summed E-state index contributed by atoms with van der Waals surface area (Å²) >= 11 is 1.42. The Bertz CT molecular complexity index is 1070. The predicted octanol–water partition coefficient (Wildman–Crippen LogP) is 2.01. The Hall–Kier alpha value is -2.53. The number of anilines is 1. The van der Waals surface area contributed by atoms with Crippen molar-refractivity contribution >= 4 is 27.6 Å². The molecule has 2 aromatic heterocycles. The van der Waals surface area contributed by atoms with Gasteiger partial charge in [-0.05, 0) is 24.0 Å². The number of sulfonamides is 1. The lowest BCUT2D eigenvalue weighted by molar-refractivity contribution is 0.281. The molecular weight excluding hydrogens is 398 g/mol. The number of aromatic nitrogens is 3. The van der Waals surface area contributed by atoms with E-state index in [9.17, 15) is 13.5 Å². The van der Waals surface area contributed by atoms with E-state index in [0.29, 0.717) is 28.8 Å². The molecule has 0 radical (unpaired) electrons. The van der Waals surface area contributed by atoms with Gasteiger partial charge in [-0.1, -0.05) is 36.0 Å². The van der Waals surface area contributed by atoms with E-state index in [1.807, 2.05) is 30.5 Å². The molecule has 10 heteroatoms. The molecule has 0 saturated carbocycles. The molecule has 0 aliphatic heterocycles. The molecule has 0 fully saturated rings. The molecule has 0 bridgehead atoms. The Morgan fingerprint density at radius 1 is 1.18 bits per heavy atom. The first kappa shape index (κ1) is 20.2. The van der Waals surface area contributed by atoms with Gasteiger partial charge in [-0.25, -0.2) is 23.5 Å². The van der Waals surface area contributed by atoms with Crippen LogP contribution in [0.1, 0.15) is 11.1 Å². The van der Waals surface area contributed by atoms with Gasteiger partial charge in [0.25, 0.3) is 0 Å². The molecule has 2 heterocycles. The Labute approximate surface area is 167 Å². The zero-order valence-electron chi connectivity index (χ0n) is 15.0. The van der Waals surface area contributed by atoms with Crippen molar-refractivity contribution in [1.29, 1.82) is 0 Å². The van der Waals surface area contributed by atoms with Crippen LogP contribution in [-0.2, 0) is 23.2 Å². The van der Waals surface area contributed by atoms with Crippen LogP contribution in [0.3, 0.4) is 0 Å². The topological polar surface area (TPSA) is 131 Å². The van der Waals surface area contributed by atoms with Gasteiger partial charge in [0.05, 0.1) is 17.2 Å². The molecule has 28 heavy (non-hydrogen) atoms. The normalized spacial score (nSPS) is 11.4. The third-order valence-electron chi connectivity index (χ3n) is 3.96. The molecule has 1 aromatic carbocycles. The maximum absolute atomic E-state index is 11.5. The fraction of sp³-hybridized carbons (Fsp3) is 0.167. The largest absolute Gasteiger partial charge is 0.391 e. The number of benzene rings is 1. The van der Waals surface area contributed by atoms with E-state index < -0.39 is 10.0 Å². The smallest absolute Gasteiger partial charge is 0.238 e. The molecule has 4 N–H and O–H groups in total. The predicted molar refractivity (Wildman–Crippen MR) is 108 cm³/mol. The number of primary sulfonamides is 1. The SMILES string of the molecule is CSc1ncc(CO)c(NCc2ccc(-c3cc(S(N)(=O)=O)ccn3)cc2)n1. The van der Waals surface area contributed by atoms with Crippen LogP contribution in [-0.4, -0.2) is 34.7 Å². The summed E-state index contributed by atoms with van der Waals surface area (Å²) in [7, 11) is -3.78. The van der Waals surface area contributed by atoms with E-state index in [1.54, 1.807) is 6.20 Å². The summed E-state index contributed by atoms with van der Waals surface area (Å²) < 4.78 is 23.0. The second-order valence-corrected chi connectivity index (χ2v) is 8.20. The summed E-state index contributed by atoms with van der Waals surface area (Å²) in [6.45, 7) is 0.352. The standard InChI is InChI=1S/C18H19N5O3S2/c1-27-18-22-10-14(11-24)17(23-18)21-9-12-2-4-13(5-3-12)16-8-15(6-7-20-16)28(19,25)26/h2-8,10,24H,9,11H2,1H3,(H2,19,25,26)(H,21,22,23). The second-order valence-electron chi connectivity index (χ2n) is 5.86. The quantitative estimate of drug-likeness (QED) is 0.393. The Balaban J connectivity index is 1.76. The van der Waals surface area contributed by atoms with Crippen molar-refractivity contribution in [3.05, 3.63) is 59.9 Å². The van der Waals surface area contributed by atoms with E-state index in [2.05, 4.69) is 20.3 Å². The highest BCUT2D eigenvalue weighted by Gasteiger charge is 2.10. The van der Waals surface area contributed by atoms with Crippen LogP contribution in [0.15, 0.2) is 58.8 Å². The minimum atomic E-state index is -3.78. The Morgan fingerprint density at radius 2 is 1.93 bits per heavy atom. The van der Waals surface area contributed by atoms with Crippen molar-refractivity contribution in [2.45, 2.75) is 23.2 Å². The molecule has 0 saturated heterocycles. The minimum Gasteiger partial charge on any atom is -0.391 e. The van der Waals surface area contributed by atoms with Gasteiger partial charge in [0.15, 0.2) is 5.16 Å². The van der Waals surface area contributed by atoms with E-state index in [4.69, 9.17) is 5.14 Å². The highest BCUT2D eigenvalue weighted by Crippen LogP contribution is 2.21. The number of hydrogen-bond acceptors (Lipinski definition) is 8. The third-order valence-corrected chi connectivity index (χ3v) is 5.44. The van der Waals surface area contributed by atoms with E-state index in [0.717, 1.165) is 11.1 Å². The fourth-order valence-electron chi connectivity index (χ4n) is 2.48. The number of nitrogens with one attached hydrogen (secondary N) is 1.